The predicted molar refractivity (Wildman–Crippen MR) is 114 cm³/mol. The molecule has 3 aromatic rings. The molecule has 31 heavy (non-hydrogen) atoms. The highest BCUT2D eigenvalue weighted by Crippen LogP contribution is 2.36. The Bertz CT molecular complexity index is 1200. The van der Waals surface area contributed by atoms with E-state index in [1.807, 2.05) is 0 Å². The van der Waals surface area contributed by atoms with Crippen LogP contribution in [-0.2, 0) is 4.84 Å². The standard InChI is InChI=1S/C22H21F2N5O2/c23-13-1-3-17-15(11-13)19(22(30)27-17)21-20(16-12-14(24)2-4-18(16)26-21)28-31-10-9-29-7-5-25-6-8-29/h1-4,11-12,25,27,30H,5-10H2/b28-20+. The van der Waals surface area contributed by atoms with Crippen molar-refractivity contribution in [2.75, 3.05) is 39.3 Å². The van der Waals surface area contributed by atoms with Crippen LogP contribution in [0.15, 0.2) is 46.5 Å². The third-order valence-corrected chi connectivity index (χ3v) is 5.51. The maximum Gasteiger partial charge on any atom is 0.199 e. The lowest BCUT2D eigenvalue weighted by atomic mass is 10.0. The molecule has 0 aliphatic carbocycles. The molecule has 0 radical (unpaired) electrons. The molecule has 2 aliphatic heterocycles. The molecule has 3 heterocycles. The van der Waals surface area contributed by atoms with Gasteiger partial charge in [-0.2, -0.15) is 0 Å². The zero-order valence-electron chi connectivity index (χ0n) is 16.7. The number of oxime groups is 1. The van der Waals surface area contributed by atoms with Crippen molar-refractivity contribution < 1.29 is 18.7 Å². The number of rotatable bonds is 5. The number of aliphatic imine (C=N–C) groups is 1. The molecule has 0 saturated carbocycles. The summed E-state index contributed by atoms with van der Waals surface area (Å²) in [6.07, 6.45) is 0. The smallest absolute Gasteiger partial charge is 0.199 e. The van der Waals surface area contributed by atoms with E-state index in [0.717, 1.165) is 26.2 Å². The Morgan fingerprint density at radius 1 is 1.10 bits per heavy atom. The van der Waals surface area contributed by atoms with E-state index < -0.39 is 11.6 Å². The molecule has 5 rings (SSSR count). The first-order chi connectivity index (χ1) is 15.1. The normalized spacial score (nSPS) is 17.9. The summed E-state index contributed by atoms with van der Waals surface area (Å²) in [5.41, 5.74) is 2.43. The van der Waals surface area contributed by atoms with Gasteiger partial charge < -0.3 is 20.2 Å². The second-order valence-electron chi connectivity index (χ2n) is 7.53. The summed E-state index contributed by atoms with van der Waals surface area (Å²) in [5.74, 6) is -1.04. The number of nitrogens with zero attached hydrogens (tertiary/aromatic N) is 3. The van der Waals surface area contributed by atoms with E-state index in [1.165, 1.54) is 30.3 Å². The van der Waals surface area contributed by atoms with Crippen molar-refractivity contribution in [1.29, 1.82) is 0 Å². The first-order valence-electron chi connectivity index (χ1n) is 10.1. The average Bonchev–Trinajstić information content (AvgIpc) is 3.27. The van der Waals surface area contributed by atoms with Crippen molar-refractivity contribution in [2.24, 2.45) is 10.1 Å². The Morgan fingerprint density at radius 3 is 2.71 bits per heavy atom. The monoisotopic (exact) mass is 425 g/mol. The number of H-pyrrole nitrogens is 1. The van der Waals surface area contributed by atoms with Crippen LogP contribution in [0.2, 0.25) is 0 Å². The number of halogens is 2. The summed E-state index contributed by atoms with van der Waals surface area (Å²) in [6.45, 7) is 4.83. The van der Waals surface area contributed by atoms with E-state index in [0.29, 0.717) is 52.3 Å². The third-order valence-electron chi connectivity index (χ3n) is 5.51. The van der Waals surface area contributed by atoms with Crippen molar-refractivity contribution in [1.82, 2.24) is 15.2 Å². The number of hydrogen-bond acceptors (Lipinski definition) is 6. The molecular formula is C22H21F2N5O2. The minimum absolute atomic E-state index is 0.166. The average molecular weight is 425 g/mol. The van der Waals surface area contributed by atoms with Gasteiger partial charge in [0, 0.05) is 49.2 Å². The van der Waals surface area contributed by atoms with Crippen LogP contribution < -0.4 is 5.32 Å². The Morgan fingerprint density at radius 2 is 1.87 bits per heavy atom. The van der Waals surface area contributed by atoms with Gasteiger partial charge in [-0.15, -0.1) is 0 Å². The molecule has 0 spiro atoms. The van der Waals surface area contributed by atoms with Crippen LogP contribution in [0.5, 0.6) is 5.88 Å². The molecule has 2 aliphatic rings. The number of hydrogen-bond donors (Lipinski definition) is 3. The number of fused-ring (bicyclic) bond motifs is 2. The van der Waals surface area contributed by atoms with E-state index in [4.69, 9.17) is 4.84 Å². The summed E-state index contributed by atoms with van der Waals surface area (Å²) in [4.78, 5) is 15.2. The molecule has 0 bridgehead atoms. The number of aromatic nitrogens is 1. The Labute approximate surface area is 177 Å². The van der Waals surface area contributed by atoms with Gasteiger partial charge in [0.05, 0.1) is 11.3 Å². The summed E-state index contributed by atoms with van der Waals surface area (Å²) in [6, 6.07) is 8.34. The molecule has 7 nitrogen and oxygen atoms in total. The molecule has 0 unspecified atom stereocenters. The fraction of sp³-hybridized carbons (Fsp3) is 0.273. The maximum atomic E-state index is 14.0. The van der Waals surface area contributed by atoms with E-state index in [9.17, 15) is 13.9 Å². The van der Waals surface area contributed by atoms with Crippen molar-refractivity contribution >= 4 is 28.0 Å². The molecule has 1 fully saturated rings. The SMILES string of the molecule is Oc1[nH]c2ccc(F)cc2c1C1=Nc2ccc(F)cc2/C1=N\OCCN1CCNCC1. The van der Waals surface area contributed by atoms with Crippen LogP contribution in [0, 0.1) is 11.6 Å². The second-order valence-corrected chi connectivity index (χ2v) is 7.53. The van der Waals surface area contributed by atoms with Crippen molar-refractivity contribution in [3.63, 3.8) is 0 Å². The molecule has 0 amide bonds. The fourth-order valence-corrected chi connectivity index (χ4v) is 3.97. The number of benzene rings is 2. The Balaban J connectivity index is 1.49. The summed E-state index contributed by atoms with van der Waals surface area (Å²) >= 11 is 0. The molecule has 1 aromatic heterocycles. The molecule has 1 saturated heterocycles. The topological polar surface area (TPSA) is 85.2 Å². The van der Waals surface area contributed by atoms with Gasteiger partial charge in [-0.05, 0) is 36.4 Å². The predicted octanol–water partition coefficient (Wildman–Crippen LogP) is 2.91. The second kappa shape index (κ2) is 8.09. The van der Waals surface area contributed by atoms with Gasteiger partial charge in [-0.3, -0.25) is 4.90 Å². The van der Waals surface area contributed by atoms with Crippen LogP contribution in [0.25, 0.3) is 10.9 Å². The molecular weight excluding hydrogens is 404 g/mol. The Kier molecular flexibility index (Phi) is 5.13. The van der Waals surface area contributed by atoms with Crippen molar-refractivity contribution in [3.8, 4) is 5.88 Å². The lowest BCUT2D eigenvalue weighted by Crippen LogP contribution is -2.44. The third kappa shape index (κ3) is 3.77. The fourth-order valence-electron chi connectivity index (χ4n) is 3.97. The van der Waals surface area contributed by atoms with E-state index >= 15 is 0 Å². The van der Waals surface area contributed by atoms with Crippen LogP contribution in [0.4, 0.5) is 14.5 Å². The molecule has 0 atom stereocenters. The zero-order chi connectivity index (χ0) is 21.4. The molecule has 3 N–H and O–H groups in total. The molecule has 9 heteroatoms. The minimum atomic E-state index is -0.444. The lowest BCUT2D eigenvalue weighted by Gasteiger charge is -2.26. The molecule has 160 valence electrons. The highest BCUT2D eigenvalue weighted by Gasteiger charge is 2.30. The highest BCUT2D eigenvalue weighted by atomic mass is 19.1. The highest BCUT2D eigenvalue weighted by molar-refractivity contribution is 6.58. The van der Waals surface area contributed by atoms with Gasteiger partial charge in [0.15, 0.2) is 5.88 Å². The van der Waals surface area contributed by atoms with Crippen molar-refractivity contribution in [2.45, 2.75) is 0 Å². The summed E-state index contributed by atoms with van der Waals surface area (Å²) < 4.78 is 27.9. The zero-order valence-corrected chi connectivity index (χ0v) is 16.7. The maximum absolute atomic E-state index is 14.0. The van der Waals surface area contributed by atoms with Gasteiger partial charge in [0.2, 0.25) is 0 Å². The van der Waals surface area contributed by atoms with Gasteiger partial charge in [0.25, 0.3) is 0 Å². The van der Waals surface area contributed by atoms with Crippen molar-refractivity contribution in [3.05, 3.63) is 59.2 Å². The van der Waals surface area contributed by atoms with Gasteiger partial charge in [0.1, 0.15) is 29.7 Å². The van der Waals surface area contributed by atoms with Crippen LogP contribution in [-0.4, -0.2) is 65.7 Å². The van der Waals surface area contributed by atoms with Gasteiger partial charge in [-0.1, -0.05) is 5.16 Å². The first-order valence-corrected chi connectivity index (χ1v) is 10.1. The van der Waals surface area contributed by atoms with Crippen LogP contribution >= 0.6 is 0 Å². The minimum Gasteiger partial charge on any atom is -0.494 e. The summed E-state index contributed by atoms with van der Waals surface area (Å²) in [5, 5.41) is 18.5. The number of piperazine rings is 1. The van der Waals surface area contributed by atoms with E-state index in [2.05, 4.69) is 25.3 Å². The van der Waals surface area contributed by atoms with Crippen LogP contribution in [0.3, 0.4) is 0 Å². The number of nitrogens with one attached hydrogen (secondary N) is 2. The number of aromatic hydroxyl groups is 1. The summed E-state index contributed by atoms with van der Waals surface area (Å²) in [7, 11) is 0. The van der Waals surface area contributed by atoms with Crippen LogP contribution in [0.1, 0.15) is 11.1 Å². The largest absolute Gasteiger partial charge is 0.494 e. The molecule has 2 aromatic carbocycles. The quantitative estimate of drug-likeness (QED) is 0.434. The van der Waals surface area contributed by atoms with Gasteiger partial charge >= 0.3 is 0 Å². The number of aromatic amines is 1. The van der Waals surface area contributed by atoms with Gasteiger partial charge in [-0.25, -0.2) is 13.8 Å². The lowest BCUT2D eigenvalue weighted by molar-refractivity contribution is 0.106. The van der Waals surface area contributed by atoms with E-state index in [-0.39, 0.29) is 5.88 Å². The van der Waals surface area contributed by atoms with E-state index in [1.54, 1.807) is 6.07 Å². The Hall–Kier alpha value is -3.30. The first kappa shape index (κ1) is 19.7.